The van der Waals surface area contributed by atoms with E-state index in [0.29, 0.717) is 6.42 Å². The van der Waals surface area contributed by atoms with E-state index in [1.165, 1.54) is 0 Å². The molecule has 0 aliphatic rings. The van der Waals surface area contributed by atoms with Gasteiger partial charge in [0.15, 0.2) is 0 Å². The topological polar surface area (TPSA) is 78.4 Å². The van der Waals surface area contributed by atoms with Crippen molar-refractivity contribution in [3.8, 4) is 0 Å². The Balaban J connectivity index is 2.54. The molecule has 3 N–H and O–H groups in total. The van der Waals surface area contributed by atoms with Crippen molar-refractivity contribution in [2.45, 2.75) is 33.2 Å². The van der Waals surface area contributed by atoms with Gasteiger partial charge in [0.1, 0.15) is 6.04 Å². The number of carbonyl (C=O) groups excluding carboxylic acids is 1. The van der Waals surface area contributed by atoms with Gasteiger partial charge in [-0.1, -0.05) is 13.8 Å². The number of carboxylic acids is 1. The molecule has 0 heterocycles. The van der Waals surface area contributed by atoms with Crippen molar-refractivity contribution in [1.29, 1.82) is 0 Å². The largest absolute Gasteiger partial charge is 0.480 e. The lowest BCUT2D eigenvalue weighted by atomic mass is 10.0. The monoisotopic (exact) mass is 404 g/mol. The van der Waals surface area contributed by atoms with E-state index in [1.54, 1.807) is 0 Å². The lowest BCUT2D eigenvalue weighted by Crippen LogP contribution is -2.42. The molecule has 1 rings (SSSR count). The average Bonchev–Trinajstić information content (AvgIpc) is 2.37. The predicted molar refractivity (Wildman–Crippen MR) is 91.4 cm³/mol. The van der Waals surface area contributed by atoms with Crippen LogP contribution >= 0.6 is 22.6 Å². The number of carboxylic acid groups (broad SMARTS) is 1. The van der Waals surface area contributed by atoms with Crippen LogP contribution in [0.5, 0.6) is 0 Å². The first-order chi connectivity index (χ1) is 9.79. The van der Waals surface area contributed by atoms with E-state index in [-0.39, 0.29) is 18.4 Å². The number of hydrogen-bond donors (Lipinski definition) is 3. The lowest BCUT2D eigenvalue weighted by Gasteiger charge is -2.16. The molecule has 0 fully saturated rings. The van der Waals surface area contributed by atoms with Gasteiger partial charge in [0.25, 0.3) is 0 Å². The van der Waals surface area contributed by atoms with E-state index < -0.39 is 12.0 Å². The number of anilines is 1. The third kappa shape index (κ3) is 6.43. The molecule has 0 aromatic heterocycles. The van der Waals surface area contributed by atoms with Crippen molar-refractivity contribution in [1.82, 2.24) is 5.32 Å². The van der Waals surface area contributed by atoms with Crippen LogP contribution in [0.25, 0.3) is 0 Å². The number of benzene rings is 1. The maximum atomic E-state index is 11.9. The first-order valence-electron chi connectivity index (χ1n) is 6.81. The summed E-state index contributed by atoms with van der Waals surface area (Å²) in [6.45, 7) is 5.80. The molecule has 21 heavy (non-hydrogen) atoms. The van der Waals surface area contributed by atoms with Gasteiger partial charge in [-0.15, -0.1) is 0 Å². The maximum Gasteiger partial charge on any atom is 0.320 e. The second-order valence-corrected chi connectivity index (χ2v) is 6.65. The van der Waals surface area contributed by atoms with E-state index in [9.17, 15) is 9.59 Å². The number of aryl methyl sites for hydroxylation is 1. The fraction of sp³-hybridized carbons (Fsp3) is 0.467. The Morgan fingerprint density at radius 2 is 2.00 bits per heavy atom. The van der Waals surface area contributed by atoms with Crippen LogP contribution in [0.3, 0.4) is 0 Å². The summed E-state index contributed by atoms with van der Waals surface area (Å²) in [6, 6.07) is 5.03. The zero-order valence-corrected chi connectivity index (χ0v) is 14.6. The molecule has 1 amide bonds. The first kappa shape index (κ1) is 17.9. The third-order valence-corrected chi connectivity index (χ3v) is 3.65. The standard InChI is InChI=1S/C15H21IN2O3/c1-9(2)6-13(15(20)21)17-8-14(19)18-12-5-4-11(16)7-10(12)3/h4-5,7,9,13,17H,6,8H2,1-3H3,(H,18,19)(H,20,21). The summed E-state index contributed by atoms with van der Waals surface area (Å²) in [5.41, 5.74) is 1.73. The fourth-order valence-electron chi connectivity index (χ4n) is 1.92. The SMILES string of the molecule is Cc1cc(I)ccc1NC(=O)CNC(CC(C)C)C(=O)O. The smallest absolute Gasteiger partial charge is 0.320 e. The van der Waals surface area contributed by atoms with Crippen molar-refractivity contribution in [2.75, 3.05) is 11.9 Å². The van der Waals surface area contributed by atoms with E-state index in [0.717, 1.165) is 14.8 Å². The molecule has 116 valence electrons. The van der Waals surface area contributed by atoms with E-state index >= 15 is 0 Å². The van der Waals surface area contributed by atoms with Crippen molar-refractivity contribution in [3.05, 3.63) is 27.3 Å². The minimum atomic E-state index is -0.929. The van der Waals surface area contributed by atoms with Crippen LogP contribution < -0.4 is 10.6 Å². The lowest BCUT2D eigenvalue weighted by molar-refractivity contribution is -0.139. The number of halogens is 1. The summed E-state index contributed by atoms with van der Waals surface area (Å²) in [4.78, 5) is 23.0. The highest BCUT2D eigenvalue weighted by Crippen LogP contribution is 2.17. The number of aliphatic carboxylic acids is 1. The molecule has 0 saturated heterocycles. The van der Waals surface area contributed by atoms with Crippen molar-refractivity contribution >= 4 is 40.2 Å². The summed E-state index contributed by atoms with van der Waals surface area (Å²) in [5, 5.41) is 14.7. The van der Waals surface area contributed by atoms with Crippen LogP contribution in [-0.4, -0.2) is 29.6 Å². The van der Waals surface area contributed by atoms with E-state index in [2.05, 4.69) is 33.2 Å². The average molecular weight is 404 g/mol. The Labute approximate surface area is 138 Å². The molecule has 0 aliphatic heterocycles. The van der Waals surface area contributed by atoms with Crippen LogP contribution in [0, 0.1) is 16.4 Å². The van der Waals surface area contributed by atoms with Gasteiger partial charge < -0.3 is 10.4 Å². The second-order valence-electron chi connectivity index (χ2n) is 5.41. The highest BCUT2D eigenvalue weighted by atomic mass is 127. The summed E-state index contributed by atoms with van der Waals surface area (Å²) < 4.78 is 1.10. The molecule has 0 saturated carbocycles. The second kappa shape index (κ2) is 8.33. The number of carbonyl (C=O) groups is 2. The summed E-state index contributed by atoms with van der Waals surface area (Å²) in [6.07, 6.45) is 0.491. The summed E-state index contributed by atoms with van der Waals surface area (Å²) >= 11 is 2.21. The first-order valence-corrected chi connectivity index (χ1v) is 7.89. The minimum absolute atomic E-state index is 0.0187. The van der Waals surface area contributed by atoms with Gasteiger partial charge >= 0.3 is 5.97 Å². The van der Waals surface area contributed by atoms with Crippen LogP contribution in [0.4, 0.5) is 5.69 Å². The number of rotatable bonds is 7. The molecule has 6 heteroatoms. The molecule has 0 aliphatic carbocycles. The van der Waals surface area contributed by atoms with Gasteiger partial charge in [0, 0.05) is 9.26 Å². The van der Waals surface area contributed by atoms with Gasteiger partial charge in [-0.3, -0.25) is 14.9 Å². The Bertz CT molecular complexity index is 518. The highest BCUT2D eigenvalue weighted by Gasteiger charge is 2.19. The number of nitrogens with one attached hydrogen (secondary N) is 2. The van der Waals surface area contributed by atoms with Crippen molar-refractivity contribution < 1.29 is 14.7 Å². The molecule has 1 unspecified atom stereocenters. The van der Waals surface area contributed by atoms with Crippen molar-refractivity contribution in [2.24, 2.45) is 5.92 Å². The molecule has 0 spiro atoms. The summed E-state index contributed by atoms with van der Waals surface area (Å²) in [5.74, 6) is -0.920. The molecule has 0 bridgehead atoms. The number of hydrogen-bond acceptors (Lipinski definition) is 3. The van der Waals surface area contributed by atoms with Crippen LogP contribution in [0.1, 0.15) is 25.8 Å². The van der Waals surface area contributed by atoms with Gasteiger partial charge in [-0.25, -0.2) is 0 Å². The maximum absolute atomic E-state index is 11.9. The molecular formula is C15H21IN2O3. The fourth-order valence-corrected chi connectivity index (χ4v) is 2.57. The number of amides is 1. The molecule has 1 aromatic carbocycles. The molecule has 5 nitrogen and oxygen atoms in total. The highest BCUT2D eigenvalue weighted by molar-refractivity contribution is 14.1. The third-order valence-electron chi connectivity index (χ3n) is 2.98. The molecular weight excluding hydrogens is 383 g/mol. The minimum Gasteiger partial charge on any atom is -0.480 e. The van der Waals surface area contributed by atoms with Crippen LogP contribution in [-0.2, 0) is 9.59 Å². The Hall–Kier alpha value is -1.15. The van der Waals surface area contributed by atoms with Crippen LogP contribution in [0.2, 0.25) is 0 Å². The summed E-state index contributed by atoms with van der Waals surface area (Å²) in [7, 11) is 0. The zero-order valence-electron chi connectivity index (χ0n) is 12.4. The quantitative estimate of drug-likeness (QED) is 0.611. The Morgan fingerprint density at radius 3 is 2.52 bits per heavy atom. The molecule has 1 atom stereocenters. The normalized spacial score (nSPS) is 12.2. The molecule has 0 radical (unpaired) electrons. The van der Waals surface area contributed by atoms with E-state index in [1.807, 2.05) is 39.0 Å². The Kier molecular flexibility index (Phi) is 7.10. The van der Waals surface area contributed by atoms with Gasteiger partial charge in [0.2, 0.25) is 5.91 Å². The molecule has 1 aromatic rings. The van der Waals surface area contributed by atoms with E-state index in [4.69, 9.17) is 5.11 Å². The van der Waals surface area contributed by atoms with Crippen molar-refractivity contribution in [3.63, 3.8) is 0 Å². The predicted octanol–water partition coefficient (Wildman–Crippen LogP) is 2.63. The van der Waals surface area contributed by atoms with Crippen LogP contribution in [0.15, 0.2) is 18.2 Å². The van der Waals surface area contributed by atoms with Gasteiger partial charge in [-0.2, -0.15) is 0 Å². The Morgan fingerprint density at radius 1 is 1.33 bits per heavy atom. The van der Waals surface area contributed by atoms with Gasteiger partial charge in [0.05, 0.1) is 6.54 Å². The van der Waals surface area contributed by atoms with Gasteiger partial charge in [-0.05, 0) is 65.6 Å². The zero-order chi connectivity index (χ0) is 16.0.